The second-order valence-corrected chi connectivity index (χ2v) is 8.78. The predicted octanol–water partition coefficient (Wildman–Crippen LogP) is 6.00. The molecule has 0 bridgehead atoms. The third-order valence-corrected chi connectivity index (χ3v) is 6.46. The Balaban J connectivity index is 1.76. The lowest BCUT2D eigenvalue weighted by Gasteiger charge is -2.18. The van der Waals surface area contributed by atoms with Crippen LogP contribution in [0.4, 0.5) is 11.4 Å². The van der Waals surface area contributed by atoms with Gasteiger partial charge in [-0.05, 0) is 54.6 Å². The highest BCUT2D eigenvalue weighted by Crippen LogP contribution is 2.41. The molecule has 1 N–H and O–H groups in total. The summed E-state index contributed by atoms with van der Waals surface area (Å²) >= 11 is 13.4. The number of carbonyl (C=O) groups is 2. The Morgan fingerprint density at radius 3 is 2.21 bits per heavy atom. The maximum absolute atomic E-state index is 13.5. The summed E-state index contributed by atoms with van der Waals surface area (Å²) < 4.78 is 10.6. The zero-order chi connectivity index (χ0) is 23.5. The van der Waals surface area contributed by atoms with Gasteiger partial charge in [0.1, 0.15) is 22.1 Å². The van der Waals surface area contributed by atoms with Crippen LogP contribution in [0.1, 0.15) is 0 Å². The Kier molecular flexibility index (Phi) is 6.83. The third-order valence-electron chi connectivity index (χ3n) is 4.82. The highest BCUT2D eigenvalue weighted by Gasteiger charge is 2.41. The highest BCUT2D eigenvalue weighted by atomic mass is 35.5. The Labute approximate surface area is 205 Å². The van der Waals surface area contributed by atoms with E-state index in [1.54, 1.807) is 66.7 Å². The summed E-state index contributed by atoms with van der Waals surface area (Å²) in [4.78, 5) is 29.1. The van der Waals surface area contributed by atoms with Gasteiger partial charge in [0.15, 0.2) is 0 Å². The molecule has 0 fully saturated rings. The van der Waals surface area contributed by atoms with Crippen LogP contribution in [0.2, 0.25) is 10.0 Å². The van der Waals surface area contributed by atoms with Gasteiger partial charge in [0.05, 0.1) is 24.9 Å². The Hall–Kier alpha value is -3.13. The maximum Gasteiger partial charge on any atom is 0.283 e. The molecule has 6 nitrogen and oxygen atoms in total. The van der Waals surface area contributed by atoms with Crippen molar-refractivity contribution in [3.8, 4) is 11.5 Å². The number of nitrogens with one attached hydrogen (secondary N) is 1. The molecule has 0 saturated heterocycles. The van der Waals surface area contributed by atoms with Crippen LogP contribution in [0.25, 0.3) is 0 Å². The Morgan fingerprint density at radius 2 is 1.55 bits per heavy atom. The van der Waals surface area contributed by atoms with Crippen molar-refractivity contribution in [1.82, 2.24) is 0 Å². The molecule has 2 amide bonds. The van der Waals surface area contributed by atoms with Crippen LogP contribution in [0.5, 0.6) is 11.5 Å². The van der Waals surface area contributed by atoms with Crippen LogP contribution in [0.15, 0.2) is 82.2 Å². The van der Waals surface area contributed by atoms with Crippen molar-refractivity contribution in [2.75, 3.05) is 24.4 Å². The fourth-order valence-corrected chi connectivity index (χ4v) is 4.57. The number of amides is 2. The first kappa shape index (κ1) is 23.0. The van der Waals surface area contributed by atoms with Crippen LogP contribution in [0, 0.1) is 0 Å². The standard InChI is InChI=1S/C24H18Cl2N2O4S/c1-31-19-12-9-15(13-17(19)26)27-21-22(33-16-10-7-14(25)8-11-16)24(30)28(23(21)29)18-5-3-4-6-20(18)32-2/h3-13,27H,1-2H3. The first-order valence-electron chi connectivity index (χ1n) is 9.73. The van der Waals surface area contributed by atoms with E-state index in [1.165, 1.54) is 26.0 Å². The molecule has 3 aromatic rings. The van der Waals surface area contributed by atoms with Gasteiger partial charge in [-0.25, -0.2) is 4.90 Å². The van der Waals surface area contributed by atoms with E-state index in [4.69, 9.17) is 32.7 Å². The molecule has 0 atom stereocenters. The summed E-state index contributed by atoms with van der Waals surface area (Å²) in [5.74, 6) is -0.0697. The minimum Gasteiger partial charge on any atom is -0.495 e. The molecule has 0 unspecified atom stereocenters. The van der Waals surface area contributed by atoms with Crippen molar-refractivity contribution in [2.24, 2.45) is 0 Å². The summed E-state index contributed by atoms with van der Waals surface area (Å²) in [6, 6.07) is 18.9. The van der Waals surface area contributed by atoms with Crippen molar-refractivity contribution in [1.29, 1.82) is 0 Å². The van der Waals surface area contributed by atoms with Crippen LogP contribution >= 0.6 is 35.0 Å². The van der Waals surface area contributed by atoms with Crippen LogP contribution < -0.4 is 19.7 Å². The fraction of sp³-hybridized carbons (Fsp3) is 0.0833. The number of benzene rings is 3. The molecular formula is C24H18Cl2N2O4S. The molecule has 4 rings (SSSR count). The first-order valence-corrected chi connectivity index (χ1v) is 11.3. The van der Waals surface area contributed by atoms with E-state index in [0.29, 0.717) is 32.9 Å². The number of anilines is 2. The molecule has 168 valence electrons. The lowest BCUT2D eigenvalue weighted by Crippen LogP contribution is -2.32. The van der Waals surface area contributed by atoms with Crippen LogP contribution in [0.3, 0.4) is 0 Å². The zero-order valence-electron chi connectivity index (χ0n) is 17.6. The molecule has 3 aromatic carbocycles. The molecule has 0 spiro atoms. The van der Waals surface area contributed by atoms with E-state index in [2.05, 4.69) is 5.32 Å². The summed E-state index contributed by atoms with van der Waals surface area (Å²) in [6.45, 7) is 0. The van der Waals surface area contributed by atoms with Crippen LogP contribution in [-0.2, 0) is 9.59 Å². The molecule has 1 heterocycles. The molecular weight excluding hydrogens is 483 g/mol. The monoisotopic (exact) mass is 500 g/mol. The quantitative estimate of drug-likeness (QED) is 0.401. The van der Waals surface area contributed by atoms with E-state index >= 15 is 0 Å². The Bertz CT molecular complexity index is 1260. The Morgan fingerprint density at radius 1 is 0.848 bits per heavy atom. The number of halogens is 2. The van der Waals surface area contributed by atoms with Crippen molar-refractivity contribution in [3.63, 3.8) is 0 Å². The second-order valence-electron chi connectivity index (χ2n) is 6.85. The molecule has 0 radical (unpaired) electrons. The largest absolute Gasteiger partial charge is 0.495 e. The smallest absolute Gasteiger partial charge is 0.283 e. The van der Waals surface area contributed by atoms with Gasteiger partial charge in [-0.2, -0.15) is 0 Å². The van der Waals surface area contributed by atoms with Crippen LogP contribution in [-0.4, -0.2) is 26.0 Å². The molecule has 1 aliphatic rings. The lowest BCUT2D eigenvalue weighted by molar-refractivity contribution is -0.120. The summed E-state index contributed by atoms with van der Waals surface area (Å²) in [5, 5.41) is 4.01. The van der Waals surface area contributed by atoms with Gasteiger partial charge >= 0.3 is 0 Å². The minimum atomic E-state index is -0.507. The normalized spacial score (nSPS) is 13.5. The van der Waals surface area contributed by atoms with Gasteiger partial charge in [-0.3, -0.25) is 9.59 Å². The lowest BCUT2D eigenvalue weighted by atomic mass is 10.2. The number of para-hydroxylation sites is 2. The minimum absolute atomic E-state index is 0.132. The van der Waals surface area contributed by atoms with E-state index in [1.807, 2.05) is 0 Å². The van der Waals surface area contributed by atoms with Gasteiger partial charge in [0.2, 0.25) is 0 Å². The third kappa shape index (κ3) is 4.66. The van der Waals surface area contributed by atoms with E-state index in [0.717, 1.165) is 9.80 Å². The summed E-state index contributed by atoms with van der Waals surface area (Å²) in [5.41, 5.74) is 1.02. The number of ether oxygens (including phenoxy) is 2. The number of methoxy groups -OCH3 is 2. The average Bonchev–Trinajstić information content (AvgIpc) is 3.04. The number of nitrogens with zero attached hydrogens (tertiary/aromatic N) is 1. The average molecular weight is 501 g/mol. The van der Waals surface area contributed by atoms with Crippen molar-refractivity contribution in [3.05, 3.63) is 87.4 Å². The van der Waals surface area contributed by atoms with Gasteiger partial charge in [-0.1, -0.05) is 47.1 Å². The molecule has 0 saturated carbocycles. The van der Waals surface area contributed by atoms with Crippen molar-refractivity contribution >= 4 is 58.2 Å². The molecule has 1 aliphatic heterocycles. The number of carbonyl (C=O) groups excluding carboxylic acids is 2. The van der Waals surface area contributed by atoms with Gasteiger partial charge < -0.3 is 14.8 Å². The van der Waals surface area contributed by atoms with Crippen molar-refractivity contribution < 1.29 is 19.1 Å². The number of hydrogen-bond acceptors (Lipinski definition) is 6. The number of imide groups is 1. The van der Waals surface area contributed by atoms with Gasteiger partial charge in [0, 0.05) is 15.6 Å². The molecule has 0 aliphatic carbocycles. The molecule has 33 heavy (non-hydrogen) atoms. The molecule has 0 aromatic heterocycles. The number of thioether (sulfide) groups is 1. The van der Waals surface area contributed by atoms with E-state index < -0.39 is 11.8 Å². The van der Waals surface area contributed by atoms with E-state index in [9.17, 15) is 9.59 Å². The zero-order valence-corrected chi connectivity index (χ0v) is 19.9. The topological polar surface area (TPSA) is 67.9 Å². The first-order chi connectivity index (χ1) is 15.9. The predicted molar refractivity (Wildman–Crippen MR) is 131 cm³/mol. The van der Waals surface area contributed by atoms with Crippen molar-refractivity contribution in [2.45, 2.75) is 4.90 Å². The second kappa shape index (κ2) is 9.79. The number of hydrogen-bond donors (Lipinski definition) is 1. The van der Waals surface area contributed by atoms with Gasteiger partial charge in [-0.15, -0.1) is 0 Å². The van der Waals surface area contributed by atoms with Gasteiger partial charge in [0.25, 0.3) is 11.8 Å². The number of rotatable bonds is 7. The molecule has 9 heteroatoms. The summed E-state index contributed by atoms with van der Waals surface area (Å²) in [7, 11) is 3.00. The van der Waals surface area contributed by atoms with E-state index in [-0.39, 0.29) is 10.6 Å². The maximum atomic E-state index is 13.5. The summed E-state index contributed by atoms with van der Waals surface area (Å²) in [6.07, 6.45) is 0. The SMILES string of the molecule is COc1ccc(NC2=C(Sc3ccc(Cl)cc3)C(=O)N(c3ccccc3OC)C2=O)cc1Cl. The highest BCUT2D eigenvalue weighted by molar-refractivity contribution is 8.04. The fourth-order valence-electron chi connectivity index (χ4n) is 3.26.